The van der Waals surface area contributed by atoms with Crippen LogP contribution in [-0.2, 0) is 11.3 Å². The lowest BCUT2D eigenvalue weighted by molar-refractivity contribution is -0.325. The Morgan fingerprint density at radius 1 is 1.43 bits per heavy atom. The molecule has 2 aromatic rings. The van der Waals surface area contributed by atoms with Crippen molar-refractivity contribution in [2.45, 2.75) is 19.8 Å². The smallest absolute Gasteiger partial charge is 0.364 e. The van der Waals surface area contributed by atoms with E-state index in [1.54, 1.807) is 0 Å². The average Bonchev–Trinajstić information content (AvgIpc) is 2.69. The van der Waals surface area contributed by atoms with Crippen molar-refractivity contribution in [3.05, 3.63) is 22.0 Å². The molecule has 0 saturated carbocycles. The van der Waals surface area contributed by atoms with Gasteiger partial charge in [0.25, 0.3) is 5.91 Å². The maximum atomic E-state index is 12.0. The van der Waals surface area contributed by atoms with Crippen LogP contribution in [0.5, 0.6) is 0 Å². The van der Waals surface area contributed by atoms with Crippen LogP contribution in [-0.4, -0.2) is 43.3 Å². The van der Waals surface area contributed by atoms with Crippen LogP contribution in [0.15, 0.2) is 4.79 Å². The molecule has 2 N–H and O–H groups in total. The Bertz CT molecular complexity index is 749. The van der Waals surface area contributed by atoms with Gasteiger partial charge in [0.2, 0.25) is 0 Å². The van der Waals surface area contributed by atoms with Crippen molar-refractivity contribution in [2.75, 3.05) is 6.61 Å². The number of primary amides is 1. The van der Waals surface area contributed by atoms with Gasteiger partial charge in [0.1, 0.15) is 5.82 Å². The Morgan fingerprint density at radius 2 is 2.10 bits per heavy atom. The number of hydrogen-bond donors (Lipinski definition) is 1. The summed E-state index contributed by atoms with van der Waals surface area (Å²) in [7, 11) is 0. The van der Waals surface area contributed by atoms with Gasteiger partial charge >= 0.3 is 12.1 Å². The summed E-state index contributed by atoms with van der Waals surface area (Å²) in [5.74, 6) is -0.781. The molecule has 0 bridgehead atoms. The van der Waals surface area contributed by atoms with Crippen molar-refractivity contribution in [1.29, 1.82) is 0 Å². The fraction of sp³-hybridized carbons (Fsp3) is 0.444. The largest absolute Gasteiger partial charge is 0.522 e. The zero-order valence-corrected chi connectivity index (χ0v) is 10.6. The van der Waals surface area contributed by atoms with E-state index in [0.717, 1.165) is 4.40 Å². The number of nitrogens with two attached hydrogens (primary N) is 1. The average molecular weight is 306 g/mol. The van der Waals surface area contributed by atoms with E-state index in [9.17, 15) is 22.8 Å². The van der Waals surface area contributed by atoms with Crippen molar-refractivity contribution in [3.63, 3.8) is 0 Å². The SMILES string of the molecule is Cc1nc(C(N)=O)c2nnn(CCOC(F)(F)F)c(=O)n12. The third-order valence-electron chi connectivity index (χ3n) is 2.48. The number of alkyl halides is 3. The second kappa shape index (κ2) is 5.12. The summed E-state index contributed by atoms with van der Waals surface area (Å²) < 4.78 is 40.7. The summed E-state index contributed by atoms with van der Waals surface area (Å²) in [4.78, 5) is 26.9. The number of fused-ring (bicyclic) bond motifs is 1. The number of aryl methyl sites for hydroxylation is 1. The number of amides is 1. The normalized spacial score (nSPS) is 12.0. The Morgan fingerprint density at radius 3 is 2.67 bits per heavy atom. The number of aromatic nitrogens is 5. The quantitative estimate of drug-likeness (QED) is 0.792. The van der Waals surface area contributed by atoms with Gasteiger partial charge in [-0.05, 0) is 6.92 Å². The molecule has 2 heterocycles. The third-order valence-corrected chi connectivity index (χ3v) is 2.48. The lowest BCUT2D eigenvalue weighted by Gasteiger charge is -2.07. The topological polar surface area (TPSA) is 117 Å². The van der Waals surface area contributed by atoms with Crippen molar-refractivity contribution in [3.8, 4) is 0 Å². The lowest BCUT2D eigenvalue weighted by atomic mass is 10.4. The second-order valence-corrected chi connectivity index (χ2v) is 3.92. The molecule has 12 heteroatoms. The summed E-state index contributed by atoms with van der Waals surface area (Å²) in [6.45, 7) is 0.143. The molecule has 0 aliphatic carbocycles. The van der Waals surface area contributed by atoms with E-state index in [-0.39, 0.29) is 17.2 Å². The van der Waals surface area contributed by atoms with Gasteiger partial charge in [-0.1, -0.05) is 5.21 Å². The van der Waals surface area contributed by atoms with E-state index in [1.165, 1.54) is 6.92 Å². The van der Waals surface area contributed by atoms with Crippen LogP contribution in [0.3, 0.4) is 0 Å². The molecule has 21 heavy (non-hydrogen) atoms. The molecule has 0 unspecified atom stereocenters. The van der Waals surface area contributed by atoms with Gasteiger partial charge in [0.15, 0.2) is 11.3 Å². The molecule has 1 amide bonds. The lowest BCUT2D eigenvalue weighted by Crippen LogP contribution is -2.33. The van der Waals surface area contributed by atoms with E-state index in [0.29, 0.717) is 4.68 Å². The summed E-state index contributed by atoms with van der Waals surface area (Å²) in [6.07, 6.45) is -4.80. The standard InChI is InChI=1S/C9H9F3N6O3/c1-4-14-5(6(13)19)7-15-16-17(8(20)18(4)7)2-3-21-9(10,11)12/h2-3H2,1H3,(H2,13,19). The molecule has 0 spiro atoms. The second-order valence-electron chi connectivity index (χ2n) is 3.92. The van der Waals surface area contributed by atoms with Crippen LogP contribution in [0.1, 0.15) is 16.3 Å². The fourth-order valence-corrected chi connectivity index (χ4v) is 1.65. The van der Waals surface area contributed by atoms with Gasteiger partial charge < -0.3 is 5.73 Å². The summed E-state index contributed by atoms with van der Waals surface area (Å²) in [5.41, 5.74) is 3.88. The zero-order valence-electron chi connectivity index (χ0n) is 10.6. The van der Waals surface area contributed by atoms with Crippen LogP contribution in [0.25, 0.3) is 5.65 Å². The summed E-state index contributed by atoms with van der Waals surface area (Å²) in [6, 6.07) is 0. The van der Waals surface area contributed by atoms with E-state index in [2.05, 4.69) is 20.0 Å². The van der Waals surface area contributed by atoms with E-state index in [4.69, 9.17) is 5.73 Å². The highest BCUT2D eigenvalue weighted by molar-refractivity contribution is 5.96. The minimum Gasteiger partial charge on any atom is -0.364 e. The zero-order chi connectivity index (χ0) is 15.8. The van der Waals surface area contributed by atoms with Gasteiger partial charge in [0, 0.05) is 0 Å². The first kappa shape index (κ1) is 14.9. The van der Waals surface area contributed by atoms with E-state index >= 15 is 0 Å². The van der Waals surface area contributed by atoms with Crippen molar-refractivity contribution in [1.82, 2.24) is 24.4 Å². The first-order valence-corrected chi connectivity index (χ1v) is 5.54. The molecule has 2 rings (SSSR count). The number of carbonyl (C=O) groups is 1. The number of carbonyl (C=O) groups excluding carboxylic acids is 1. The molecule has 0 aliphatic rings. The predicted octanol–water partition coefficient (Wildman–Crippen LogP) is -0.770. The van der Waals surface area contributed by atoms with Gasteiger partial charge in [0.05, 0.1) is 13.2 Å². The Hall–Kier alpha value is -2.50. The molecule has 0 atom stereocenters. The number of nitrogens with zero attached hydrogens (tertiary/aromatic N) is 5. The molecular formula is C9H9F3N6O3. The first-order chi connectivity index (χ1) is 9.70. The monoisotopic (exact) mass is 306 g/mol. The first-order valence-electron chi connectivity index (χ1n) is 5.54. The molecule has 0 aliphatic heterocycles. The molecule has 0 radical (unpaired) electrons. The Kier molecular flexibility index (Phi) is 3.63. The van der Waals surface area contributed by atoms with Gasteiger partial charge in [-0.3, -0.25) is 9.53 Å². The maximum absolute atomic E-state index is 12.0. The van der Waals surface area contributed by atoms with E-state index in [1.807, 2.05) is 0 Å². The fourth-order valence-electron chi connectivity index (χ4n) is 1.65. The molecule has 0 fully saturated rings. The van der Waals surface area contributed by atoms with Crippen molar-refractivity contribution >= 4 is 11.6 Å². The number of halogens is 3. The molecular weight excluding hydrogens is 297 g/mol. The van der Waals surface area contributed by atoms with Crippen LogP contribution >= 0.6 is 0 Å². The maximum Gasteiger partial charge on any atom is 0.522 e. The number of imidazole rings is 1. The Labute approximate surface area is 114 Å². The number of hydrogen-bond acceptors (Lipinski definition) is 6. The molecule has 0 aromatic carbocycles. The summed E-state index contributed by atoms with van der Waals surface area (Å²) in [5, 5.41) is 7.00. The molecule has 0 saturated heterocycles. The van der Waals surface area contributed by atoms with Crippen LogP contribution in [0, 0.1) is 6.92 Å². The molecule has 114 valence electrons. The van der Waals surface area contributed by atoms with Crippen LogP contribution in [0.2, 0.25) is 0 Å². The van der Waals surface area contributed by atoms with Crippen molar-refractivity contribution in [2.24, 2.45) is 5.73 Å². The summed E-state index contributed by atoms with van der Waals surface area (Å²) >= 11 is 0. The number of ether oxygens (including phenoxy) is 1. The molecule has 9 nitrogen and oxygen atoms in total. The van der Waals surface area contributed by atoms with Gasteiger partial charge in [-0.2, -0.15) is 4.68 Å². The Balaban J connectivity index is 2.37. The highest BCUT2D eigenvalue weighted by Gasteiger charge is 2.29. The predicted molar refractivity (Wildman–Crippen MR) is 60.3 cm³/mol. The van der Waals surface area contributed by atoms with E-state index < -0.39 is 31.1 Å². The van der Waals surface area contributed by atoms with Crippen LogP contribution in [0.4, 0.5) is 13.2 Å². The number of rotatable bonds is 4. The van der Waals surface area contributed by atoms with Gasteiger partial charge in [-0.15, -0.1) is 18.3 Å². The third kappa shape index (κ3) is 2.99. The van der Waals surface area contributed by atoms with Gasteiger partial charge in [-0.25, -0.2) is 14.2 Å². The highest BCUT2D eigenvalue weighted by Crippen LogP contribution is 2.15. The van der Waals surface area contributed by atoms with Crippen molar-refractivity contribution < 1.29 is 22.7 Å². The highest BCUT2D eigenvalue weighted by atomic mass is 19.4. The van der Waals surface area contributed by atoms with Crippen LogP contribution < -0.4 is 11.4 Å². The minimum atomic E-state index is -4.80. The minimum absolute atomic E-state index is 0.115. The molecule has 2 aromatic heterocycles.